The Labute approximate surface area is 148 Å². The molecule has 1 aromatic carbocycles. The van der Waals surface area contributed by atoms with E-state index in [1.54, 1.807) is 18.2 Å². The summed E-state index contributed by atoms with van der Waals surface area (Å²) in [5, 5.41) is 0. The maximum atomic E-state index is 12.1. The highest BCUT2D eigenvalue weighted by atomic mass is 32.2. The minimum atomic E-state index is -3.35. The van der Waals surface area contributed by atoms with Crippen LogP contribution in [0.25, 0.3) is 0 Å². The Bertz CT molecular complexity index is 707. The van der Waals surface area contributed by atoms with E-state index in [0.717, 1.165) is 6.42 Å². The van der Waals surface area contributed by atoms with Crippen molar-refractivity contribution in [2.45, 2.75) is 25.9 Å². The van der Waals surface area contributed by atoms with Crippen LogP contribution in [0.3, 0.4) is 0 Å². The number of nitrogens with one attached hydrogen (secondary N) is 1. The number of unbranched alkanes of at least 4 members (excludes halogenated alkanes) is 1. The van der Waals surface area contributed by atoms with Gasteiger partial charge >= 0.3 is 6.09 Å². The molecular formula is C16H24N2O6S. The number of hydrogen-bond donors (Lipinski definition) is 1. The molecule has 0 aromatic heterocycles. The summed E-state index contributed by atoms with van der Waals surface area (Å²) in [6.07, 6.45) is 0.325. The number of amides is 1. The van der Waals surface area contributed by atoms with Gasteiger partial charge in [0.1, 0.15) is 6.10 Å². The highest BCUT2D eigenvalue weighted by Crippen LogP contribution is 2.33. The lowest BCUT2D eigenvalue weighted by molar-refractivity contribution is 0.143. The Balaban J connectivity index is 2.00. The summed E-state index contributed by atoms with van der Waals surface area (Å²) in [4.78, 5) is 13.5. The molecule has 140 valence electrons. The maximum Gasteiger partial charge on any atom is 0.414 e. The Kier molecular flexibility index (Phi) is 6.49. The highest BCUT2D eigenvalue weighted by molar-refractivity contribution is 7.89. The van der Waals surface area contributed by atoms with E-state index >= 15 is 0 Å². The first-order valence-electron chi connectivity index (χ1n) is 8.07. The molecule has 1 aliphatic rings. The van der Waals surface area contributed by atoms with Crippen LogP contribution in [0.4, 0.5) is 10.5 Å². The quantitative estimate of drug-likeness (QED) is 0.710. The molecule has 1 heterocycles. The Morgan fingerprint density at radius 3 is 2.64 bits per heavy atom. The molecule has 0 spiro atoms. The molecule has 1 N–H and O–H groups in total. The lowest BCUT2D eigenvalue weighted by Crippen LogP contribution is -2.35. The highest BCUT2D eigenvalue weighted by Gasteiger charge is 2.33. The number of ether oxygens (including phenoxy) is 3. The van der Waals surface area contributed by atoms with Gasteiger partial charge in [0.05, 0.1) is 32.2 Å². The number of methoxy groups -OCH3 is 2. The largest absolute Gasteiger partial charge is 0.493 e. The number of benzene rings is 1. The molecule has 2 rings (SSSR count). The molecule has 0 aliphatic carbocycles. The monoisotopic (exact) mass is 372 g/mol. The SMILES string of the molecule is CCCCS(=O)(=O)NCC1CN(c2ccc(OC)c(OC)c2)C(=O)O1. The Hall–Kier alpha value is -2.00. The fourth-order valence-corrected chi connectivity index (χ4v) is 3.71. The summed E-state index contributed by atoms with van der Waals surface area (Å²) < 4.78 is 41.8. The van der Waals surface area contributed by atoms with Crippen LogP contribution in [-0.2, 0) is 14.8 Å². The lowest BCUT2D eigenvalue weighted by Gasteiger charge is -2.15. The molecule has 0 radical (unpaired) electrons. The zero-order valence-corrected chi connectivity index (χ0v) is 15.5. The van der Waals surface area contributed by atoms with Gasteiger partial charge in [0.15, 0.2) is 11.5 Å². The third-order valence-corrected chi connectivity index (χ3v) is 5.28. The van der Waals surface area contributed by atoms with Crippen LogP contribution in [0.2, 0.25) is 0 Å². The standard InChI is InChI=1S/C16H24N2O6S/c1-4-5-8-25(20,21)17-10-13-11-18(16(19)24-13)12-6-7-14(22-2)15(9-12)23-3/h6-7,9,13,17H,4-5,8,10-11H2,1-3H3. The third kappa shape index (κ3) is 4.99. The molecule has 25 heavy (non-hydrogen) atoms. The van der Waals surface area contributed by atoms with Crippen LogP contribution in [-0.4, -0.2) is 53.7 Å². The third-order valence-electron chi connectivity index (χ3n) is 3.85. The maximum absolute atomic E-state index is 12.1. The number of carbonyl (C=O) groups is 1. The molecule has 1 aliphatic heterocycles. The molecule has 1 fully saturated rings. The minimum Gasteiger partial charge on any atom is -0.493 e. The van der Waals surface area contributed by atoms with Gasteiger partial charge < -0.3 is 14.2 Å². The second-order valence-corrected chi connectivity index (χ2v) is 7.60. The van der Waals surface area contributed by atoms with Gasteiger partial charge in [-0.05, 0) is 18.6 Å². The van der Waals surface area contributed by atoms with Crippen molar-refractivity contribution in [3.63, 3.8) is 0 Å². The van der Waals surface area contributed by atoms with Crippen molar-refractivity contribution in [1.82, 2.24) is 4.72 Å². The van der Waals surface area contributed by atoms with Gasteiger partial charge in [0.2, 0.25) is 10.0 Å². The van der Waals surface area contributed by atoms with Crippen molar-refractivity contribution in [1.29, 1.82) is 0 Å². The van der Waals surface area contributed by atoms with E-state index in [9.17, 15) is 13.2 Å². The van der Waals surface area contributed by atoms with Gasteiger partial charge in [0, 0.05) is 12.6 Å². The first-order chi connectivity index (χ1) is 11.9. The number of rotatable bonds is 9. The van der Waals surface area contributed by atoms with E-state index in [2.05, 4.69) is 4.72 Å². The number of cyclic esters (lactones) is 1. The van der Waals surface area contributed by atoms with E-state index in [0.29, 0.717) is 23.6 Å². The smallest absolute Gasteiger partial charge is 0.414 e. The number of anilines is 1. The molecule has 1 saturated heterocycles. The van der Waals surface area contributed by atoms with Gasteiger partial charge in [-0.2, -0.15) is 0 Å². The summed E-state index contributed by atoms with van der Waals surface area (Å²) in [5.41, 5.74) is 0.596. The van der Waals surface area contributed by atoms with E-state index in [-0.39, 0.29) is 18.8 Å². The molecule has 1 unspecified atom stereocenters. The molecule has 0 saturated carbocycles. The molecular weight excluding hydrogens is 348 g/mol. The summed E-state index contributed by atoms with van der Waals surface area (Å²) >= 11 is 0. The topological polar surface area (TPSA) is 94.2 Å². The molecule has 1 atom stereocenters. The van der Waals surface area contributed by atoms with Gasteiger partial charge in [0.25, 0.3) is 0 Å². The number of hydrogen-bond acceptors (Lipinski definition) is 6. The van der Waals surface area contributed by atoms with Crippen LogP contribution in [0.15, 0.2) is 18.2 Å². The molecule has 1 aromatic rings. The zero-order chi connectivity index (χ0) is 18.4. The Morgan fingerprint density at radius 2 is 2.00 bits per heavy atom. The predicted molar refractivity (Wildman–Crippen MR) is 93.9 cm³/mol. The average Bonchev–Trinajstić information content (AvgIpc) is 2.98. The number of sulfonamides is 1. The van der Waals surface area contributed by atoms with Crippen molar-refractivity contribution in [2.24, 2.45) is 0 Å². The molecule has 9 heteroatoms. The second-order valence-electron chi connectivity index (χ2n) is 5.68. The predicted octanol–water partition coefficient (Wildman–Crippen LogP) is 1.75. The van der Waals surface area contributed by atoms with Gasteiger partial charge in [-0.3, -0.25) is 4.90 Å². The Morgan fingerprint density at radius 1 is 1.28 bits per heavy atom. The van der Waals surface area contributed by atoms with Gasteiger partial charge in [-0.1, -0.05) is 13.3 Å². The van der Waals surface area contributed by atoms with Crippen LogP contribution >= 0.6 is 0 Å². The van der Waals surface area contributed by atoms with Crippen molar-refractivity contribution >= 4 is 21.8 Å². The van der Waals surface area contributed by atoms with Crippen LogP contribution in [0, 0.1) is 0 Å². The van der Waals surface area contributed by atoms with E-state index in [4.69, 9.17) is 14.2 Å². The summed E-state index contributed by atoms with van der Waals surface area (Å²) in [7, 11) is -0.305. The second kappa shape index (κ2) is 8.39. The van der Waals surface area contributed by atoms with Crippen LogP contribution in [0.5, 0.6) is 11.5 Å². The summed E-state index contributed by atoms with van der Waals surface area (Å²) in [5.74, 6) is 1.12. The molecule has 0 bridgehead atoms. The first kappa shape index (κ1) is 19.3. The normalized spacial score (nSPS) is 17.5. The van der Waals surface area contributed by atoms with Crippen molar-refractivity contribution < 1.29 is 27.4 Å². The van der Waals surface area contributed by atoms with E-state index in [1.165, 1.54) is 19.1 Å². The van der Waals surface area contributed by atoms with Gasteiger partial charge in [-0.15, -0.1) is 0 Å². The lowest BCUT2D eigenvalue weighted by atomic mass is 10.2. The van der Waals surface area contributed by atoms with Crippen LogP contribution in [0.1, 0.15) is 19.8 Å². The van der Waals surface area contributed by atoms with E-state index < -0.39 is 22.2 Å². The minimum absolute atomic E-state index is 0.0571. The average molecular weight is 372 g/mol. The number of carbonyl (C=O) groups excluding carboxylic acids is 1. The first-order valence-corrected chi connectivity index (χ1v) is 9.73. The molecule has 1 amide bonds. The van der Waals surface area contributed by atoms with Gasteiger partial charge in [-0.25, -0.2) is 17.9 Å². The summed E-state index contributed by atoms with van der Waals surface area (Å²) in [6, 6.07) is 5.09. The van der Waals surface area contributed by atoms with Crippen molar-refractivity contribution in [2.75, 3.05) is 38.0 Å². The molecule has 8 nitrogen and oxygen atoms in total. The van der Waals surface area contributed by atoms with Crippen molar-refractivity contribution in [3.8, 4) is 11.5 Å². The fourth-order valence-electron chi connectivity index (χ4n) is 2.46. The fraction of sp³-hybridized carbons (Fsp3) is 0.562. The van der Waals surface area contributed by atoms with Crippen molar-refractivity contribution in [3.05, 3.63) is 18.2 Å². The zero-order valence-electron chi connectivity index (χ0n) is 14.6. The van der Waals surface area contributed by atoms with E-state index in [1.807, 2.05) is 6.92 Å². The summed E-state index contributed by atoms with van der Waals surface area (Å²) in [6.45, 7) is 2.24. The van der Waals surface area contributed by atoms with Crippen LogP contribution < -0.4 is 19.1 Å². The number of nitrogens with zero attached hydrogens (tertiary/aromatic N) is 1.